The maximum Gasteiger partial charge on any atom is 0.320 e. The molecule has 1 saturated carbocycles. The van der Waals surface area contributed by atoms with Crippen LogP contribution in [0.2, 0.25) is 0 Å². The molecular weight excluding hydrogens is 270 g/mol. The summed E-state index contributed by atoms with van der Waals surface area (Å²) >= 11 is 0. The molecule has 6 nitrogen and oxygen atoms in total. The van der Waals surface area contributed by atoms with E-state index in [4.69, 9.17) is 0 Å². The van der Waals surface area contributed by atoms with Gasteiger partial charge in [0.25, 0.3) is 0 Å². The fraction of sp³-hybridized carbons (Fsp3) is 0.867. The van der Waals surface area contributed by atoms with Crippen molar-refractivity contribution in [1.82, 2.24) is 14.7 Å². The van der Waals surface area contributed by atoms with Crippen molar-refractivity contribution in [3.05, 3.63) is 0 Å². The Labute approximate surface area is 125 Å². The summed E-state index contributed by atoms with van der Waals surface area (Å²) in [4.78, 5) is 30.1. The van der Waals surface area contributed by atoms with Crippen LogP contribution in [0, 0.1) is 5.41 Å². The highest BCUT2D eigenvalue weighted by Gasteiger charge is 2.45. The first-order valence-electron chi connectivity index (χ1n) is 8.07. The number of carboxylic acids is 1. The second-order valence-electron chi connectivity index (χ2n) is 6.65. The largest absolute Gasteiger partial charge is 0.481 e. The molecule has 1 unspecified atom stereocenters. The van der Waals surface area contributed by atoms with Crippen LogP contribution in [0.5, 0.6) is 0 Å². The number of aliphatic carboxylic acids is 1. The van der Waals surface area contributed by atoms with Crippen LogP contribution >= 0.6 is 0 Å². The van der Waals surface area contributed by atoms with Gasteiger partial charge in [-0.3, -0.25) is 9.69 Å². The molecule has 1 atom stereocenters. The van der Waals surface area contributed by atoms with E-state index in [-0.39, 0.29) is 6.03 Å². The Hall–Kier alpha value is -1.30. The molecule has 0 aromatic carbocycles. The average Bonchev–Trinajstić information content (AvgIpc) is 3.25. The highest BCUT2D eigenvalue weighted by atomic mass is 16.4. The Kier molecular flexibility index (Phi) is 3.82. The Balaban J connectivity index is 1.55. The minimum atomic E-state index is -0.765. The number of hydrogen-bond acceptors (Lipinski definition) is 3. The monoisotopic (exact) mass is 295 g/mol. The van der Waals surface area contributed by atoms with Crippen molar-refractivity contribution in [3.8, 4) is 0 Å². The Bertz CT molecular complexity index is 430. The van der Waals surface area contributed by atoms with E-state index in [1.165, 1.54) is 12.8 Å². The Morgan fingerprint density at radius 3 is 2.24 bits per heavy atom. The number of piperazine rings is 1. The van der Waals surface area contributed by atoms with Gasteiger partial charge in [0, 0.05) is 45.3 Å². The van der Waals surface area contributed by atoms with Crippen LogP contribution in [0.3, 0.4) is 0 Å². The van der Waals surface area contributed by atoms with Gasteiger partial charge in [-0.2, -0.15) is 0 Å². The minimum absolute atomic E-state index is 0.0296. The zero-order valence-corrected chi connectivity index (χ0v) is 12.8. The van der Waals surface area contributed by atoms with Gasteiger partial charge in [-0.15, -0.1) is 0 Å². The number of nitrogens with zero attached hydrogens (tertiary/aromatic N) is 3. The molecule has 2 amide bonds. The third kappa shape index (κ3) is 2.73. The second kappa shape index (κ2) is 5.48. The molecule has 21 heavy (non-hydrogen) atoms. The van der Waals surface area contributed by atoms with Crippen molar-refractivity contribution in [2.75, 3.05) is 39.3 Å². The molecule has 3 rings (SSSR count). The summed E-state index contributed by atoms with van der Waals surface area (Å²) in [5.74, 6) is -0.765. The van der Waals surface area contributed by atoms with Gasteiger partial charge in [-0.1, -0.05) is 6.92 Å². The van der Waals surface area contributed by atoms with Gasteiger partial charge in [-0.05, 0) is 25.7 Å². The van der Waals surface area contributed by atoms with Crippen LogP contribution in [-0.4, -0.2) is 77.1 Å². The lowest BCUT2D eigenvalue weighted by Crippen LogP contribution is -2.53. The average molecular weight is 295 g/mol. The van der Waals surface area contributed by atoms with Crippen molar-refractivity contribution in [2.45, 2.75) is 38.6 Å². The lowest BCUT2D eigenvalue weighted by molar-refractivity contribution is -0.148. The molecule has 1 aliphatic carbocycles. The summed E-state index contributed by atoms with van der Waals surface area (Å²) in [6.45, 7) is 6.30. The lowest BCUT2D eigenvalue weighted by atomic mass is 9.84. The van der Waals surface area contributed by atoms with E-state index in [0.717, 1.165) is 32.2 Å². The molecule has 3 fully saturated rings. The van der Waals surface area contributed by atoms with Gasteiger partial charge in [0.1, 0.15) is 0 Å². The maximum atomic E-state index is 12.6. The smallest absolute Gasteiger partial charge is 0.320 e. The summed E-state index contributed by atoms with van der Waals surface area (Å²) < 4.78 is 0. The summed E-state index contributed by atoms with van der Waals surface area (Å²) in [5, 5.41) is 9.42. The fourth-order valence-electron chi connectivity index (χ4n) is 3.57. The van der Waals surface area contributed by atoms with E-state index in [0.29, 0.717) is 25.9 Å². The van der Waals surface area contributed by atoms with Crippen LogP contribution in [0.15, 0.2) is 0 Å². The number of carbonyl (C=O) groups excluding carboxylic acids is 1. The molecule has 2 saturated heterocycles. The van der Waals surface area contributed by atoms with Gasteiger partial charge in [0.05, 0.1) is 5.41 Å². The molecule has 0 radical (unpaired) electrons. The topological polar surface area (TPSA) is 64.1 Å². The quantitative estimate of drug-likeness (QED) is 0.846. The molecular formula is C15H25N3O3. The van der Waals surface area contributed by atoms with Gasteiger partial charge in [0.2, 0.25) is 0 Å². The van der Waals surface area contributed by atoms with E-state index in [9.17, 15) is 14.7 Å². The standard InChI is InChI=1S/C15H25N3O3/c1-2-15(13(19)20)5-6-18(11-15)14(21)17-9-7-16(8-10-17)12-3-4-12/h12H,2-11H2,1H3,(H,19,20). The van der Waals surface area contributed by atoms with Gasteiger partial charge in [0.15, 0.2) is 0 Å². The van der Waals surface area contributed by atoms with Gasteiger partial charge < -0.3 is 14.9 Å². The van der Waals surface area contributed by atoms with Crippen molar-refractivity contribution in [2.24, 2.45) is 5.41 Å². The molecule has 2 aliphatic heterocycles. The van der Waals surface area contributed by atoms with Crippen LogP contribution in [0.1, 0.15) is 32.6 Å². The highest BCUT2D eigenvalue weighted by Crippen LogP contribution is 2.35. The Morgan fingerprint density at radius 1 is 1.10 bits per heavy atom. The number of carboxylic acid groups (broad SMARTS) is 1. The third-order valence-electron chi connectivity index (χ3n) is 5.40. The first kappa shape index (κ1) is 14.6. The maximum absolute atomic E-state index is 12.6. The predicted molar refractivity (Wildman–Crippen MR) is 78.1 cm³/mol. The highest BCUT2D eigenvalue weighted by molar-refractivity contribution is 5.79. The normalized spacial score (nSPS) is 30.7. The summed E-state index contributed by atoms with van der Waals surface area (Å²) in [5.41, 5.74) is -0.731. The summed E-state index contributed by atoms with van der Waals surface area (Å²) in [6, 6.07) is 0.788. The number of amides is 2. The molecule has 0 bridgehead atoms. The SMILES string of the molecule is CCC1(C(=O)O)CCN(C(=O)N2CCN(C3CC3)CC2)C1. The van der Waals surface area contributed by atoms with Gasteiger partial charge >= 0.3 is 12.0 Å². The van der Waals surface area contributed by atoms with Crippen LogP contribution in [-0.2, 0) is 4.79 Å². The van der Waals surface area contributed by atoms with Crippen molar-refractivity contribution in [1.29, 1.82) is 0 Å². The molecule has 3 aliphatic rings. The third-order valence-corrected chi connectivity index (χ3v) is 5.40. The first-order valence-corrected chi connectivity index (χ1v) is 8.07. The van der Waals surface area contributed by atoms with Crippen molar-refractivity contribution < 1.29 is 14.7 Å². The second-order valence-corrected chi connectivity index (χ2v) is 6.65. The first-order chi connectivity index (χ1) is 10.1. The number of rotatable bonds is 3. The fourth-order valence-corrected chi connectivity index (χ4v) is 3.57. The van der Waals surface area contributed by atoms with E-state index < -0.39 is 11.4 Å². The van der Waals surface area contributed by atoms with Crippen LogP contribution in [0.4, 0.5) is 4.79 Å². The summed E-state index contributed by atoms with van der Waals surface area (Å²) in [7, 11) is 0. The molecule has 0 aromatic heterocycles. The van der Waals surface area contributed by atoms with Crippen molar-refractivity contribution >= 4 is 12.0 Å². The predicted octanol–water partition coefficient (Wildman–Crippen LogP) is 1.07. The van der Waals surface area contributed by atoms with Crippen molar-refractivity contribution in [3.63, 3.8) is 0 Å². The zero-order valence-electron chi connectivity index (χ0n) is 12.8. The number of likely N-dealkylation sites (tertiary alicyclic amines) is 1. The van der Waals surface area contributed by atoms with E-state index in [2.05, 4.69) is 4.90 Å². The van der Waals surface area contributed by atoms with Crippen LogP contribution < -0.4 is 0 Å². The molecule has 1 N–H and O–H groups in total. The summed E-state index contributed by atoms with van der Waals surface area (Å²) in [6.07, 6.45) is 3.77. The molecule has 2 heterocycles. The lowest BCUT2D eigenvalue weighted by Gasteiger charge is -2.37. The number of hydrogen-bond donors (Lipinski definition) is 1. The molecule has 0 spiro atoms. The van der Waals surface area contributed by atoms with Crippen LogP contribution in [0.25, 0.3) is 0 Å². The number of carbonyl (C=O) groups is 2. The minimum Gasteiger partial charge on any atom is -0.481 e. The Morgan fingerprint density at radius 2 is 1.76 bits per heavy atom. The molecule has 6 heteroatoms. The molecule has 0 aromatic rings. The van der Waals surface area contributed by atoms with E-state index in [1.807, 2.05) is 11.8 Å². The van der Waals surface area contributed by atoms with E-state index in [1.54, 1.807) is 4.90 Å². The van der Waals surface area contributed by atoms with E-state index >= 15 is 0 Å². The molecule has 118 valence electrons. The number of urea groups is 1. The zero-order chi connectivity index (χ0) is 15.0. The van der Waals surface area contributed by atoms with Gasteiger partial charge in [-0.25, -0.2) is 4.79 Å².